The van der Waals surface area contributed by atoms with Crippen molar-refractivity contribution >= 4 is 5.97 Å². The number of carboxylic acid groups (broad SMARTS) is 1. The van der Waals surface area contributed by atoms with Crippen molar-refractivity contribution in [3.05, 3.63) is 0 Å². The molecule has 0 saturated heterocycles. The second-order valence-electron chi connectivity index (χ2n) is 3.64. The molecule has 13 heavy (non-hydrogen) atoms. The highest BCUT2D eigenvalue weighted by Gasteiger charge is 2.45. The summed E-state index contributed by atoms with van der Waals surface area (Å²) in [6.45, 7) is 0. The van der Waals surface area contributed by atoms with Crippen LogP contribution in [0.2, 0.25) is 0 Å². The van der Waals surface area contributed by atoms with Crippen molar-refractivity contribution in [3.8, 4) is 0 Å². The number of rotatable bonds is 1. The zero-order chi connectivity index (χ0) is 9.90. The molecule has 0 aromatic carbocycles. The van der Waals surface area contributed by atoms with Crippen molar-refractivity contribution < 1.29 is 19.4 Å². The van der Waals surface area contributed by atoms with Crippen molar-refractivity contribution in [2.75, 3.05) is 0 Å². The van der Waals surface area contributed by atoms with E-state index in [9.17, 15) is 14.3 Å². The molecule has 2 atom stereocenters. The summed E-state index contributed by atoms with van der Waals surface area (Å²) in [6, 6.07) is 0. The van der Waals surface area contributed by atoms with Gasteiger partial charge in [0.15, 0.2) is 0 Å². The summed E-state index contributed by atoms with van der Waals surface area (Å²) in [5.41, 5.74) is -2.42. The number of hydrogen-bond donors (Lipinski definition) is 2. The van der Waals surface area contributed by atoms with Gasteiger partial charge in [-0.15, -0.1) is 0 Å². The maximum atomic E-state index is 13.7. The van der Waals surface area contributed by atoms with Crippen molar-refractivity contribution in [2.45, 2.75) is 50.3 Å². The third-order valence-electron chi connectivity index (χ3n) is 2.65. The van der Waals surface area contributed by atoms with E-state index in [0.717, 1.165) is 12.8 Å². The van der Waals surface area contributed by atoms with Crippen molar-refractivity contribution in [1.82, 2.24) is 0 Å². The van der Waals surface area contributed by atoms with Gasteiger partial charge in [-0.2, -0.15) is 0 Å². The molecule has 0 aromatic rings. The van der Waals surface area contributed by atoms with E-state index in [0.29, 0.717) is 12.8 Å². The van der Waals surface area contributed by atoms with Crippen molar-refractivity contribution in [3.63, 3.8) is 0 Å². The minimum absolute atomic E-state index is 0.0660. The van der Waals surface area contributed by atoms with Crippen LogP contribution >= 0.6 is 0 Å². The Kier molecular flexibility index (Phi) is 3.25. The van der Waals surface area contributed by atoms with Gasteiger partial charge in [0.2, 0.25) is 5.67 Å². The summed E-state index contributed by atoms with van der Waals surface area (Å²) >= 11 is 0. The van der Waals surface area contributed by atoms with E-state index in [1.165, 1.54) is 0 Å². The molecule has 1 fully saturated rings. The first-order chi connectivity index (χ1) is 6.07. The van der Waals surface area contributed by atoms with E-state index in [-0.39, 0.29) is 12.8 Å². The molecule has 0 amide bonds. The lowest BCUT2D eigenvalue weighted by Crippen LogP contribution is -2.46. The summed E-state index contributed by atoms with van der Waals surface area (Å²) in [5.74, 6) is -1.53. The Hall–Kier alpha value is -0.640. The fraction of sp³-hybridized carbons (Fsp3) is 0.889. The molecule has 1 aliphatic carbocycles. The van der Waals surface area contributed by atoms with Crippen LogP contribution in [0, 0.1) is 0 Å². The molecule has 0 aliphatic heterocycles. The summed E-state index contributed by atoms with van der Waals surface area (Å²) in [5, 5.41) is 18.0. The molecule has 3 nitrogen and oxygen atoms in total. The molecule has 0 heterocycles. The van der Waals surface area contributed by atoms with Gasteiger partial charge >= 0.3 is 5.97 Å². The Labute approximate surface area is 76.6 Å². The third-order valence-corrected chi connectivity index (χ3v) is 2.65. The molecule has 76 valence electrons. The van der Waals surface area contributed by atoms with Crippen LogP contribution in [0.25, 0.3) is 0 Å². The van der Waals surface area contributed by atoms with E-state index in [1.54, 1.807) is 0 Å². The lowest BCUT2D eigenvalue weighted by atomic mass is 9.86. The Balaban J connectivity index is 2.71. The van der Waals surface area contributed by atoms with Gasteiger partial charge in [0.1, 0.15) is 0 Å². The van der Waals surface area contributed by atoms with Gasteiger partial charge in [-0.25, -0.2) is 9.18 Å². The minimum atomic E-state index is -2.42. The monoisotopic (exact) mass is 190 g/mol. The molecule has 4 heteroatoms. The van der Waals surface area contributed by atoms with Crippen LogP contribution in [-0.2, 0) is 4.79 Å². The summed E-state index contributed by atoms with van der Waals surface area (Å²) in [4.78, 5) is 10.6. The van der Waals surface area contributed by atoms with E-state index < -0.39 is 17.7 Å². The first kappa shape index (κ1) is 10.4. The molecule has 2 N–H and O–H groups in total. The first-order valence-corrected chi connectivity index (χ1v) is 4.68. The van der Waals surface area contributed by atoms with E-state index in [4.69, 9.17) is 5.11 Å². The standard InChI is InChI=1S/C9H15FO3/c10-9(8(12)13)6-4-2-1-3-5-7(9)11/h7,11H,1-6H2,(H,12,13). The van der Waals surface area contributed by atoms with E-state index in [2.05, 4.69) is 0 Å². The Morgan fingerprint density at radius 2 is 1.92 bits per heavy atom. The fourth-order valence-corrected chi connectivity index (χ4v) is 1.72. The molecule has 1 aliphatic rings. The zero-order valence-corrected chi connectivity index (χ0v) is 7.50. The maximum Gasteiger partial charge on any atom is 0.344 e. The van der Waals surface area contributed by atoms with Crippen molar-refractivity contribution in [1.29, 1.82) is 0 Å². The van der Waals surface area contributed by atoms with Crippen LogP contribution in [0.15, 0.2) is 0 Å². The number of carbonyl (C=O) groups is 1. The molecule has 0 radical (unpaired) electrons. The molecular formula is C9H15FO3. The Morgan fingerprint density at radius 3 is 2.54 bits per heavy atom. The normalized spacial score (nSPS) is 36.3. The number of aliphatic hydroxyl groups is 1. The van der Waals surface area contributed by atoms with E-state index in [1.807, 2.05) is 0 Å². The second kappa shape index (κ2) is 4.05. The number of alkyl halides is 1. The third kappa shape index (κ3) is 2.18. The Morgan fingerprint density at radius 1 is 1.31 bits per heavy atom. The van der Waals surface area contributed by atoms with Crippen LogP contribution in [0.4, 0.5) is 4.39 Å². The average Bonchev–Trinajstić information content (AvgIpc) is 2.07. The highest BCUT2D eigenvalue weighted by atomic mass is 19.1. The van der Waals surface area contributed by atoms with E-state index >= 15 is 0 Å². The number of halogens is 1. The lowest BCUT2D eigenvalue weighted by molar-refractivity contribution is -0.161. The highest BCUT2D eigenvalue weighted by molar-refractivity contribution is 5.78. The first-order valence-electron chi connectivity index (χ1n) is 4.68. The van der Waals surface area contributed by atoms with Gasteiger partial charge < -0.3 is 10.2 Å². The summed E-state index contributed by atoms with van der Waals surface area (Å²) in [6.07, 6.45) is 1.90. The lowest BCUT2D eigenvalue weighted by Gasteiger charge is -2.28. The van der Waals surface area contributed by atoms with Crippen LogP contribution in [0.5, 0.6) is 0 Å². The molecular weight excluding hydrogens is 175 g/mol. The second-order valence-corrected chi connectivity index (χ2v) is 3.64. The van der Waals surface area contributed by atoms with Gasteiger partial charge in [-0.3, -0.25) is 0 Å². The number of aliphatic carboxylic acids is 1. The van der Waals surface area contributed by atoms with Crippen LogP contribution in [0.3, 0.4) is 0 Å². The molecule has 1 saturated carbocycles. The van der Waals surface area contributed by atoms with Crippen LogP contribution in [0.1, 0.15) is 38.5 Å². The summed E-state index contributed by atoms with van der Waals surface area (Å²) < 4.78 is 13.7. The van der Waals surface area contributed by atoms with Crippen molar-refractivity contribution in [2.24, 2.45) is 0 Å². The predicted octanol–water partition coefficient (Wildman–Crippen LogP) is 1.49. The zero-order valence-electron chi connectivity index (χ0n) is 7.50. The average molecular weight is 190 g/mol. The Bertz CT molecular complexity index is 195. The molecule has 1 rings (SSSR count). The molecule has 0 bridgehead atoms. The fourth-order valence-electron chi connectivity index (χ4n) is 1.72. The van der Waals surface area contributed by atoms with Gasteiger partial charge in [0.25, 0.3) is 0 Å². The van der Waals surface area contributed by atoms with Crippen LogP contribution < -0.4 is 0 Å². The number of aliphatic hydroxyl groups excluding tert-OH is 1. The SMILES string of the molecule is O=C(O)C1(F)CCCCCCC1O. The van der Waals surface area contributed by atoms with Crippen LogP contribution in [-0.4, -0.2) is 28.0 Å². The van der Waals surface area contributed by atoms with Gasteiger partial charge in [0.05, 0.1) is 6.10 Å². The maximum absolute atomic E-state index is 13.7. The number of hydrogen-bond acceptors (Lipinski definition) is 2. The molecule has 2 unspecified atom stereocenters. The minimum Gasteiger partial charge on any atom is -0.479 e. The molecule has 0 spiro atoms. The van der Waals surface area contributed by atoms with Gasteiger partial charge in [-0.05, 0) is 19.3 Å². The highest BCUT2D eigenvalue weighted by Crippen LogP contribution is 2.30. The molecule has 0 aromatic heterocycles. The van der Waals surface area contributed by atoms with Gasteiger partial charge in [0, 0.05) is 0 Å². The largest absolute Gasteiger partial charge is 0.479 e. The van der Waals surface area contributed by atoms with Gasteiger partial charge in [-0.1, -0.05) is 19.3 Å². The summed E-state index contributed by atoms with van der Waals surface area (Å²) in [7, 11) is 0. The predicted molar refractivity (Wildman–Crippen MR) is 45.2 cm³/mol. The topological polar surface area (TPSA) is 57.5 Å². The number of carboxylic acids is 1. The smallest absolute Gasteiger partial charge is 0.344 e. The quantitative estimate of drug-likeness (QED) is 0.658.